The van der Waals surface area contributed by atoms with Gasteiger partial charge in [0, 0.05) is 6.07 Å². The molecule has 96 valence electrons. The third-order valence-corrected chi connectivity index (χ3v) is 2.65. The molecule has 1 aromatic carbocycles. The lowest BCUT2D eigenvalue weighted by atomic mass is 10.2. The Hall–Kier alpha value is -2.55. The molecule has 0 bridgehead atoms. The smallest absolute Gasteiger partial charge is 0.283 e. The summed E-state index contributed by atoms with van der Waals surface area (Å²) < 4.78 is 0.639. The second kappa shape index (κ2) is 5.87. The van der Waals surface area contributed by atoms with Gasteiger partial charge in [-0.2, -0.15) is 0 Å². The molecule has 1 N–H and O–H groups in total. The molecule has 0 aliphatic heterocycles. The zero-order valence-electron chi connectivity index (χ0n) is 10.7. The number of pyridine rings is 1. The Kier molecular flexibility index (Phi) is 3.98. The molecule has 0 aliphatic carbocycles. The van der Waals surface area contributed by atoms with Gasteiger partial charge in [0.25, 0.3) is 5.56 Å². The largest absolute Gasteiger partial charge is 0.425 e. The molecule has 0 spiro atoms. The van der Waals surface area contributed by atoms with Gasteiger partial charge in [0.1, 0.15) is 0 Å². The average molecular weight is 253 g/mol. The number of hydrogen-bond acceptors (Lipinski definition) is 2. The van der Waals surface area contributed by atoms with Crippen molar-refractivity contribution in [1.82, 2.24) is 4.73 Å². The van der Waals surface area contributed by atoms with Crippen LogP contribution in [0, 0.1) is 6.92 Å². The van der Waals surface area contributed by atoms with Crippen molar-refractivity contribution in [2.75, 3.05) is 0 Å². The van der Waals surface area contributed by atoms with Crippen LogP contribution in [-0.2, 0) is 0 Å². The van der Waals surface area contributed by atoms with Gasteiger partial charge >= 0.3 is 0 Å². The summed E-state index contributed by atoms with van der Waals surface area (Å²) in [5, 5.41) is 9.57. The van der Waals surface area contributed by atoms with Crippen molar-refractivity contribution in [3.63, 3.8) is 0 Å². The first-order valence-corrected chi connectivity index (χ1v) is 5.99. The number of benzene rings is 1. The molecule has 0 fully saturated rings. The Morgan fingerprint density at radius 3 is 2.47 bits per heavy atom. The molecule has 1 aromatic heterocycles. The van der Waals surface area contributed by atoms with E-state index in [4.69, 9.17) is 0 Å². The van der Waals surface area contributed by atoms with Crippen LogP contribution in [0.1, 0.15) is 16.8 Å². The molecule has 3 heteroatoms. The van der Waals surface area contributed by atoms with Gasteiger partial charge in [-0.1, -0.05) is 48.6 Å². The summed E-state index contributed by atoms with van der Waals surface area (Å²) in [6.07, 6.45) is 7.29. The predicted octanol–water partition coefficient (Wildman–Crippen LogP) is 3.12. The first-order chi connectivity index (χ1) is 9.16. The standard InChI is InChI=1S/C16H15NO2/c1-13-11-15(17(19)16(18)12-13)10-6-5-9-14-7-3-2-4-8-14/h2-12,19H,1H3/b9-5+,10-6+. The Labute approximate surface area is 111 Å². The van der Waals surface area contributed by atoms with Crippen molar-refractivity contribution in [2.24, 2.45) is 0 Å². The molecular formula is C16H15NO2. The third kappa shape index (κ3) is 3.45. The fourth-order valence-corrected chi connectivity index (χ4v) is 1.72. The fourth-order valence-electron chi connectivity index (χ4n) is 1.72. The normalized spacial score (nSPS) is 11.4. The van der Waals surface area contributed by atoms with E-state index in [1.54, 1.807) is 18.2 Å². The lowest BCUT2D eigenvalue weighted by molar-refractivity contribution is 0.172. The number of aromatic nitrogens is 1. The van der Waals surface area contributed by atoms with E-state index in [1.165, 1.54) is 6.07 Å². The van der Waals surface area contributed by atoms with Gasteiger partial charge < -0.3 is 5.21 Å². The van der Waals surface area contributed by atoms with Gasteiger partial charge in [-0.25, -0.2) is 0 Å². The van der Waals surface area contributed by atoms with Crippen molar-refractivity contribution < 1.29 is 5.21 Å². The summed E-state index contributed by atoms with van der Waals surface area (Å²) in [6, 6.07) is 13.0. The van der Waals surface area contributed by atoms with Crippen molar-refractivity contribution in [2.45, 2.75) is 6.92 Å². The van der Waals surface area contributed by atoms with E-state index in [2.05, 4.69) is 0 Å². The average Bonchev–Trinajstić information content (AvgIpc) is 2.41. The van der Waals surface area contributed by atoms with Crippen LogP contribution >= 0.6 is 0 Å². The van der Waals surface area contributed by atoms with E-state index in [1.807, 2.05) is 49.4 Å². The first kappa shape index (κ1) is 12.9. The minimum atomic E-state index is -0.424. The zero-order valence-corrected chi connectivity index (χ0v) is 10.7. The highest BCUT2D eigenvalue weighted by atomic mass is 16.5. The SMILES string of the molecule is Cc1cc(/C=C/C=C/c2ccccc2)n(O)c(=O)c1. The highest BCUT2D eigenvalue weighted by Gasteiger charge is 1.99. The second-order valence-electron chi connectivity index (χ2n) is 4.24. The van der Waals surface area contributed by atoms with Crippen LogP contribution in [-0.4, -0.2) is 9.94 Å². The molecule has 2 rings (SSSR count). The minimum Gasteiger partial charge on any atom is -0.425 e. The van der Waals surface area contributed by atoms with Gasteiger partial charge in [-0.05, 0) is 30.2 Å². The molecule has 3 nitrogen and oxygen atoms in total. The maximum absolute atomic E-state index is 11.4. The molecule has 0 unspecified atom stereocenters. The Morgan fingerprint density at radius 1 is 1.05 bits per heavy atom. The van der Waals surface area contributed by atoms with Gasteiger partial charge in [-0.15, -0.1) is 4.73 Å². The van der Waals surface area contributed by atoms with E-state index in [0.29, 0.717) is 10.4 Å². The summed E-state index contributed by atoms with van der Waals surface area (Å²) in [5.74, 6) is 0. The monoisotopic (exact) mass is 253 g/mol. The van der Waals surface area contributed by atoms with Crippen LogP contribution in [0.15, 0.2) is 59.4 Å². The van der Waals surface area contributed by atoms with E-state index in [0.717, 1.165) is 11.1 Å². The topological polar surface area (TPSA) is 42.2 Å². The first-order valence-electron chi connectivity index (χ1n) is 5.99. The van der Waals surface area contributed by atoms with Gasteiger partial charge in [0.15, 0.2) is 0 Å². The maximum atomic E-state index is 11.4. The van der Waals surface area contributed by atoms with E-state index >= 15 is 0 Å². The number of allylic oxidation sites excluding steroid dienone is 2. The molecule has 2 aromatic rings. The lowest BCUT2D eigenvalue weighted by Gasteiger charge is -2.01. The Bertz CT molecular complexity index is 667. The van der Waals surface area contributed by atoms with Crippen LogP contribution in [0.25, 0.3) is 12.2 Å². The molecule has 0 amide bonds. The van der Waals surface area contributed by atoms with Crippen LogP contribution in [0.2, 0.25) is 0 Å². The fraction of sp³-hybridized carbons (Fsp3) is 0.0625. The predicted molar refractivity (Wildman–Crippen MR) is 77.1 cm³/mol. The number of aryl methyl sites for hydroxylation is 1. The Morgan fingerprint density at radius 2 is 1.74 bits per heavy atom. The van der Waals surface area contributed by atoms with Gasteiger partial charge in [-0.3, -0.25) is 4.79 Å². The summed E-state index contributed by atoms with van der Waals surface area (Å²) in [6.45, 7) is 1.82. The van der Waals surface area contributed by atoms with Crippen LogP contribution in [0.3, 0.4) is 0 Å². The molecule has 0 radical (unpaired) electrons. The number of rotatable bonds is 3. The van der Waals surface area contributed by atoms with Gasteiger partial charge in [0.05, 0.1) is 5.69 Å². The van der Waals surface area contributed by atoms with E-state index in [-0.39, 0.29) is 0 Å². The molecule has 0 aliphatic rings. The number of nitrogens with zero attached hydrogens (tertiary/aromatic N) is 1. The minimum absolute atomic E-state index is 0.424. The van der Waals surface area contributed by atoms with Crippen LogP contribution < -0.4 is 5.56 Å². The molecule has 0 saturated heterocycles. The van der Waals surface area contributed by atoms with Crippen molar-refractivity contribution in [1.29, 1.82) is 0 Å². The van der Waals surface area contributed by atoms with E-state index < -0.39 is 5.56 Å². The molecule has 1 heterocycles. The van der Waals surface area contributed by atoms with Gasteiger partial charge in [0.2, 0.25) is 0 Å². The van der Waals surface area contributed by atoms with E-state index in [9.17, 15) is 10.0 Å². The van der Waals surface area contributed by atoms with Crippen LogP contribution in [0.4, 0.5) is 0 Å². The van der Waals surface area contributed by atoms with Crippen molar-refractivity contribution in [3.05, 3.63) is 81.8 Å². The molecule has 19 heavy (non-hydrogen) atoms. The second-order valence-corrected chi connectivity index (χ2v) is 4.24. The summed E-state index contributed by atoms with van der Waals surface area (Å²) in [7, 11) is 0. The highest BCUT2D eigenvalue weighted by molar-refractivity contribution is 5.55. The third-order valence-electron chi connectivity index (χ3n) is 2.65. The molecule has 0 saturated carbocycles. The quantitative estimate of drug-likeness (QED) is 0.674. The number of hydrogen-bond donors (Lipinski definition) is 1. The molecule has 0 atom stereocenters. The highest BCUT2D eigenvalue weighted by Crippen LogP contribution is 2.04. The van der Waals surface area contributed by atoms with Crippen LogP contribution in [0.5, 0.6) is 0 Å². The summed E-state index contributed by atoms with van der Waals surface area (Å²) >= 11 is 0. The summed E-state index contributed by atoms with van der Waals surface area (Å²) in [4.78, 5) is 11.4. The van der Waals surface area contributed by atoms with Crippen molar-refractivity contribution in [3.8, 4) is 0 Å². The Balaban J connectivity index is 2.16. The molecular weight excluding hydrogens is 238 g/mol. The summed E-state index contributed by atoms with van der Waals surface area (Å²) in [5.41, 5.74) is 1.95. The lowest BCUT2D eigenvalue weighted by Crippen LogP contribution is -2.18. The zero-order chi connectivity index (χ0) is 13.7. The maximum Gasteiger partial charge on any atom is 0.283 e. The van der Waals surface area contributed by atoms with Crippen molar-refractivity contribution >= 4 is 12.2 Å².